The Labute approximate surface area is 162 Å². The number of carbonyl (C=O) groups is 1. The first kappa shape index (κ1) is 19.2. The summed E-state index contributed by atoms with van der Waals surface area (Å²) >= 11 is 6.41. The number of aromatic carboxylic acids is 1. The molecule has 0 saturated carbocycles. The van der Waals surface area contributed by atoms with Crippen molar-refractivity contribution in [2.45, 2.75) is 39.3 Å². The SMILES string of the molecule is CCCCc1nc(CO)c(Cl)n1Cc1cccc(-c2ccoc2C(=O)O)c1. The molecule has 0 aliphatic heterocycles. The minimum absolute atomic E-state index is 0.0842. The molecule has 2 N–H and O–H groups in total. The quantitative estimate of drug-likeness (QED) is 0.597. The number of furan rings is 1. The summed E-state index contributed by atoms with van der Waals surface area (Å²) in [5.41, 5.74) is 2.71. The first-order valence-corrected chi connectivity index (χ1v) is 9.17. The smallest absolute Gasteiger partial charge is 0.372 e. The number of hydrogen-bond acceptors (Lipinski definition) is 4. The van der Waals surface area contributed by atoms with Crippen molar-refractivity contribution in [2.24, 2.45) is 0 Å². The Bertz CT molecular complexity index is 945. The molecule has 2 heterocycles. The van der Waals surface area contributed by atoms with Gasteiger partial charge >= 0.3 is 5.97 Å². The monoisotopic (exact) mass is 388 g/mol. The van der Waals surface area contributed by atoms with Gasteiger partial charge in [-0.15, -0.1) is 0 Å². The Balaban J connectivity index is 1.94. The average molecular weight is 389 g/mol. The Kier molecular flexibility index (Phi) is 5.98. The first-order chi connectivity index (χ1) is 13.0. The number of imidazole rings is 1. The predicted molar refractivity (Wildman–Crippen MR) is 102 cm³/mol. The van der Waals surface area contributed by atoms with Crippen molar-refractivity contribution in [3.05, 3.63) is 64.6 Å². The van der Waals surface area contributed by atoms with Crippen molar-refractivity contribution in [1.82, 2.24) is 9.55 Å². The maximum absolute atomic E-state index is 11.3. The van der Waals surface area contributed by atoms with Crippen LogP contribution in [0.5, 0.6) is 0 Å². The van der Waals surface area contributed by atoms with Gasteiger partial charge in [0.25, 0.3) is 0 Å². The Hall–Kier alpha value is -2.57. The number of aromatic nitrogens is 2. The minimum atomic E-state index is -1.10. The van der Waals surface area contributed by atoms with E-state index in [1.54, 1.807) is 6.07 Å². The third-order valence-corrected chi connectivity index (χ3v) is 4.81. The molecule has 3 aromatic rings. The highest BCUT2D eigenvalue weighted by Crippen LogP contribution is 2.27. The fourth-order valence-electron chi connectivity index (χ4n) is 3.04. The molecule has 0 aliphatic carbocycles. The van der Waals surface area contributed by atoms with Crippen molar-refractivity contribution in [3.63, 3.8) is 0 Å². The Morgan fingerprint density at radius 2 is 2.15 bits per heavy atom. The third-order valence-electron chi connectivity index (χ3n) is 4.39. The highest BCUT2D eigenvalue weighted by Gasteiger charge is 2.17. The second-order valence-corrected chi connectivity index (χ2v) is 6.64. The number of unbranched alkanes of at least 4 members (excludes halogenated alkanes) is 1. The van der Waals surface area contributed by atoms with Gasteiger partial charge in [-0.2, -0.15) is 0 Å². The van der Waals surface area contributed by atoms with E-state index in [2.05, 4.69) is 11.9 Å². The zero-order valence-electron chi connectivity index (χ0n) is 15.0. The summed E-state index contributed by atoms with van der Waals surface area (Å²) in [4.78, 5) is 15.8. The lowest BCUT2D eigenvalue weighted by Gasteiger charge is -2.10. The van der Waals surface area contributed by atoms with Gasteiger partial charge in [0.15, 0.2) is 0 Å². The summed E-state index contributed by atoms with van der Waals surface area (Å²) in [5, 5.41) is 19.2. The van der Waals surface area contributed by atoms with Crippen molar-refractivity contribution >= 4 is 17.6 Å². The molecule has 142 valence electrons. The summed E-state index contributed by atoms with van der Waals surface area (Å²) in [5.74, 6) is -0.350. The number of benzene rings is 1. The van der Waals surface area contributed by atoms with Crippen LogP contribution in [0.2, 0.25) is 5.15 Å². The van der Waals surface area contributed by atoms with Crippen LogP contribution in [-0.2, 0) is 19.6 Å². The van der Waals surface area contributed by atoms with Gasteiger partial charge in [-0.1, -0.05) is 43.1 Å². The lowest BCUT2D eigenvalue weighted by Crippen LogP contribution is -2.06. The highest BCUT2D eigenvalue weighted by molar-refractivity contribution is 6.30. The molecule has 7 heteroatoms. The number of carboxylic acids is 1. The fraction of sp³-hybridized carbons (Fsp3) is 0.300. The molecule has 0 unspecified atom stereocenters. The Morgan fingerprint density at radius 1 is 1.33 bits per heavy atom. The molecule has 27 heavy (non-hydrogen) atoms. The number of aryl methyl sites for hydroxylation is 1. The highest BCUT2D eigenvalue weighted by atomic mass is 35.5. The van der Waals surface area contributed by atoms with E-state index in [0.29, 0.717) is 23.0 Å². The number of hydrogen-bond donors (Lipinski definition) is 2. The van der Waals surface area contributed by atoms with Crippen molar-refractivity contribution in [3.8, 4) is 11.1 Å². The van der Waals surface area contributed by atoms with E-state index in [1.807, 2.05) is 28.8 Å². The third kappa shape index (κ3) is 4.07. The molecule has 3 rings (SSSR count). The number of rotatable bonds is 8. The normalized spacial score (nSPS) is 11.1. The molecule has 1 aromatic carbocycles. The zero-order chi connectivity index (χ0) is 19.4. The van der Waals surface area contributed by atoms with Gasteiger partial charge in [-0.3, -0.25) is 0 Å². The van der Waals surface area contributed by atoms with Crippen molar-refractivity contribution < 1.29 is 19.4 Å². The molecule has 6 nitrogen and oxygen atoms in total. The van der Waals surface area contributed by atoms with Gasteiger partial charge in [0.1, 0.15) is 16.7 Å². The molecule has 0 aliphatic rings. The summed E-state index contributed by atoms with van der Waals surface area (Å²) in [6, 6.07) is 9.21. The predicted octanol–water partition coefficient (Wildman–Crippen LogP) is 4.38. The summed E-state index contributed by atoms with van der Waals surface area (Å²) < 4.78 is 6.97. The second kappa shape index (κ2) is 8.41. The van der Waals surface area contributed by atoms with Crippen molar-refractivity contribution in [2.75, 3.05) is 0 Å². The number of nitrogens with zero attached hydrogens (tertiary/aromatic N) is 2. The van der Waals surface area contributed by atoms with Crippen LogP contribution in [0.25, 0.3) is 11.1 Å². The molecule has 2 aromatic heterocycles. The maximum atomic E-state index is 11.3. The van der Waals surface area contributed by atoms with Gasteiger partial charge < -0.3 is 19.2 Å². The first-order valence-electron chi connectivity index (χ1n) is 8.79. The van der Waals surface area contributed by atoms with Gasteiger partial charge in [0.05, 0.1) is 19.4 Å². The van der Waals surface area contributed by atoms with Crippen LogP contribution in [0.1, 0.15) is 47.4 Å². The molecule has 0 radical (unpaired) electrons. The molecular weight excluding hydrogens is 368 g/mol. The summed E-state index contributed by atoms with van der Waals surface area (Å²) in [6.07, 6.45) is 4.16. The van der Waals surface area contributed by atoms with E-state index in [1.165, 1.54) is 6.26 Å². The molecular formula is C20H21ClN2O4. The molecule has 0 saturated heterocycles. The van der Waals surface area contributed by atoms with Gasteiger partial charge in [-0.05, 0) is 29.7 Å². The lowest BCUT2D eigenvalue weighted by atomic mass is 10.0. The van der Waals surface area contributed by atoms with Crippen LogP contribution >= 0.6 is 11.6 Å². The van der Waals surface area contributed by atoms with Crippen LogP contribution < -0.4 is 0 Å². The van der Waals surface area contributed by atoms with E-state index in [0.717, 1.165) is 36.2 Å². The Morgan fingerprint density at radius 3 is 2.85 bits per heavy atom. The molecule has 0 fully saturated rings. The van der Waals surface area contributed by atoms with E-state index in [9.17, 15) is 15.0 Å². The average Bonchev–Trinajstić information content (AvgIpc) is 3.26. The molecule has 0 amide bonds. The zero-order valence-corrected chi connectivity index (χ0v) is 15.7. The molecule has 0 bridgehead atoms. The van der Waals surface area contributed by atoms with Crippen LogP contribution in [0.15, 0.2) is 41.0 Å². The minimum Gasteiger partial charge on any atom is -0.475 e. The number of aliphatic hydroxyl groups is 1. The standard InChI is InChI=1S/C20H21ClN2O4/c1-2-3-7-17-22-16(12-24)19(21)23(17)11-13-5-4-6-14(10-13)15-8-9-27-18(15)20(25)26/h4-6,8-10,24H,2-3,7,11-12H2,1H3,(H,25,26). The molecule has 0 spiro atoms. The second-order valence-electron chi connectivity index (χ2n) is 6.28. The lowest BCUT2D eigenvalue weighted by molar-refractivity contribution is 0.0663. The van der Waals surface area contributed by atoms with Crippen LogP contribution in [0.4, 0.5) is 0 Å². The number of aliphatic hydroxyl groups excluding tert-OH is 1. The fourth-order valence-corrected chi connectivity index (χ4v) is 3.30. The van der Waals surface area contributed by atoms with Gasteiger partial charge in [0, 0.05) is 12.0 Å². The van der Waals surface area contributed by atoms with Gasteiger partial charge in [0.2, 0.25) is 5.76 Å². The molecule has 0 atom stereocenters. The van der Waals surface area contributed by atoms with Crippen LogP contribution in [0.3, 0.4) is 0 Å². The van der Waals surface area contributed by atoms with Crippen LogP contribution in [-0.4, -0.2) is 25.7 Å². The van der Waals surface area contributed by atoms with E-state index < -0.39 is 5.97 Å². The van der Waals surface area contributed by atoms with Gasteiger partial charge in [-0.25, -0.2) is 9.78 Å². The summed E-state index contributed by atoms with van der Waals surface area (Å²) in [6.45, 7) is 2.39. The maximum Gasteiger partial charge on any atom is 0.372 e. The number of carboxylic acid groups (broad SMARTS) is 1. The summed E-state index contributed by atoms with van der Waals surface area (Å²) in [7, 11) is 0. The van der Waals surface area contributed by atoms with E-state index in [4.69, 9.17) is 16.0 Å². The number of halogens is 1. The van der Waals surface area contributed by atoms with E-state index in [-0.39, 0.29) is 12.4 Å². The topological polar surface area (TPSA) is 88.5 Å². The van der Waals surface area contributed by atoms with Crippen molar-refractivity contribution in [1.29, 1.82) is 0 Å². The van der Waals surface area contributed by atoms with E-state index >= 15 is 0 Å². The van der Waals surface area contributed by atoms with Crippen LogP contribution in [0, 0.1) is 0 Å². The largest absolute Gasteiger partial charge is 0.475 e.